The molecule has 0 spiro atoms. The first-order valence-electron chi connectivity index (χ1n) is 7.30. The van der Waals surface area contributed by atoms with E-state index in [9.17, 15) is 4.79 Å². The lowest BCUT2D eigenvalue weighted by Gasteiger charge is -2.18. The Bertz CT molecular complexity index is 499. The van der Waals surface area contributed by atoms with Gasteiger partial charge in [-0.1, -0.05) is 12.1 Å². The molecule has 5 heteroatoms. The van der Waals surface area contributed by atoms with E-state index in [1.54, 1.807) is 0 Å². The predicted molar refractivity (Wildman–Crippen MR) is 79.9 cm³/mol. The van der Waals surface area contributed by atoms with Crippen molar-refractivity contribution in [2.24, 2.45) is 0 Å². The SMILES string of the molecule is CCOCCNC(=O)COc1cccc2c1OC(C)(C)C2. The van der Waals surface area contributed by atoms with Gasteiger partial charge in [0.15, 0.2) is 18.1 Å². The summed E-state index contributed by atoms with van der Waals surface area (Å²) < 4.78 is 16.6. The zero-order chi connectivity index (χ0) is 15.3. The van der Waals surface area contributed by atoms with Gasteiger partial charge in [-0.3, -0.25) is 4.79 Å². The van der Waals surface area contributed by atoms with E-state index < -0.39 is 0 Å². The molecule has 0 radical (unpaired) electrons. The molecule has 0 saturated heterocycles. The smallest absolute Gasteiger partial charge is 0.258 e. The zero-order valence-electron chi connectivity index (χ0n) is 12.9. The third-order valence-electron chi connectivity index (χ3n) is 3.19. The minimum Gasteiger partial charge on any atom is -0.483 e. The maximum Gasteiger partial charge on any atom is 0.258 e. The topological polar surface area (TPSA) is 56.8 Å². The van der Waals surface area contributed by atoms with Crippen molar-refractivity contribution >= 4 is 5.91 Å². The van der Waals surface area contributed by atoms with Crippen molar-refractivity contribution in [2.75, 3.05) is 26.4 Å². The summed E-state index contributed by atoms with van der Waals surface area (Å²) >= 11 is 0. The van der Waals surface area contributed by atoms with Crippen LogP contribution < -0.4 is 14.8 Å². The monoisotopic (exact) mass is 293 g/mol. The van der Waals surface area contributed by atoms with Gasteiger partial charge < -0.3 is 19.5 Å². The van der Waals surface area contributed by atoms with Crippen molar-refractivity contribution in [2.45, 2.75) is 32.8 Å². The number of hydrogen-bond donors (Lipinski definition) is 1. The molecule has 1 aromatic carbocycles. The van der Waals surface area contributed by atoms with Crippen LogP contribution in [-0.2, 0) is 16.0 Å². The molecule has 1 aromatic rings. The second-order valence-electron chi connectivity index (χ2n) is 5.62. The molecule has 0 fully saturated rings. The van der Waals surface area contributed by atoms with E-state index in [0.29, 0.717) is 25.5 Å². The molecule has 0 saturated carbocycles. The van der Waals surface area contributed by atoms with E-state index >= 15 is 0 Å². The van der Waals surface area contributed by atoms with Crippen molar-refractivity contribution in [1.82, 2.24) is 5.32 Å². The second-order valence-corrected chi connectivity index (χ2v) is 5.62. The summed E-state index contributed by atoms with van der Waals surface area (Å²) in [5.74, 6) is 1.22. The molecule has 1 N–H and O–H groups in total. The number of amides is 1. The molecular formula is C16H23NO4. The van der Waals surface area contributed by atoms with Gasteiger partial charge >= 0.3 is 0 Å². The first kappa shape index (κ1) is 15.6. The van der Waals surface area contributed by atoms with Crippen molar-refractivity contribution in [3.63, 3.8) is 0 Å². The van der Waals surface area contributed by atoms with Crippen LogP contribution in [0.1, 0.15) is 26.3 Å². The van der Waals surface area contributed by atoms with E-state index in [1.807, 2.05) is 39.0 Å². The maximum atomic E-state index is 11.7. The Labute approximate surface area is 125 Å². The molecule has 0 unspecified atom stereocenters. The van der Waals surface area contributed by atoms with Crippen LogP contribution in [0.15, 0.2) is 18.2 Å². The predicted octanol–water partition coefficient (Wildman–Crippen LogP) is 1.93. The summed E-state index contributed by atoms with van der Waals surface area (Å²) in [7, 11) is 0. The third-order valence-corrected chi connectivity index (χ3v) is 3.19. The molecule has 116 valence electrons. The molecule has 1 heterocycles. The van der Waals surface area contributed by atoms with Crippen LogP contribution in [0.4, 0.5) is 0 Å². The Hall–Kier alpha value is -1.75. The standard InChI is InChI=1S/C16H23NO4/c1-4-19-9-8-17-14(18)11-20-13-7-5-6-12-10-16(2,3)21-15(12)13/h5-7H,4,8-11H2,1-3H3,(H,17,18). The Balaban J connectivity index is 1.85. The van der Waals surface area contributed by atoms with E-state index in [0.717, 1.165) is 17.7 Å². The maximum absolute atomic E-state index is 11.7. The Morgan fingerprint density at radius 1 is 1.43 bits per heavy atom. The van der Waals surface area contributed by atoms with Gasteiger partial charge in [-0.15, -0.1) is 0 Å². The highest BCUT2D eigenvalue weighted by molar-refractivity contribution is 5.77. The Kier molecular flexibility index (Phi) is 5.07. The van der Waals surface area contributed by atoms with Crippen LogP contribution in [0.5, 0.6) is 11.5 Å². The van der Waals surface area contributed by atoms with E-state index in [1.165, 1.54) is 0 Å². The lowest BCUT2D eigenvalue weighted by Crippen LogP contribution is -2.31. The summed E-state index contributed by atoms with van der Waals surface area (Å²) in [6, 6.07) is 5.78. The normalized spacial score (nSPS) is 15.2. The van der Waals surface area contributed by atoms with Crippen LogP contribution in [0.25, 0.3) is 0 Å². The molecule has 5 nitrogen and oxygen atoms in total. The summed E-state index contributed by atoms with van der Waals surface area (Å²) in [4.78, 5) is 11.7. The van der Waals surface area contributed by atoms with E-state index in [-0.39, 0.29) is 18.1 Å². The first-order chi connectivity index (χ1) is 10.0. The number of fused-ring (bicyclic) bond motifs is 1. The van der Waals surface area contributed by atoms with Crippen molar-refractivity contribution in [3.8, 4) is 11.5 Å². The lowest BCUT2D eigenvalue weighted by molar-refractivity contribution is -0.123. The number of rotatable bonds is 7. The summed E-state index contributed by atoms with van der Waals surface area (Å²) in [5, 5.41) is 2.74. The number of nitrogens with one attached hydrogen (secondary N) is 1. The van der Waals surface area contributed by atoms with Gasteiger partial charge in [-0.25, -0.2) is 0 Å². The van der Waals surface area contributed by atoms with Crippen LogP contribution >= 0.6 is 0 Å². The zero-order valence-corrected chi connectivity index (χ0v) is 12.9. The summed E-state index contributed by atoms with van der Waals surface area (Å²) in [6.45, 7) is 7.63. The summed E-state index contributed by atoms with van der Waals surface area (Å²) in [6.07, 6.45) is 0.847. The molecule has 1 aliphatic rings. The van der Waals surface area contributed by atoms with Gasteiger partial charge in [0.25, 0.3) is 5.91 Å². The molecule has 0 atom stereocenters. The van der Waals surface area contributed by atoms with Gasteiger partial charge in [-0.05, 0) is 26.8 Å². The second kappa shape index (κ2) is 6.80. The van der Waals surface area contributed by atoms with Crippen LogP contribution in [0.2, 0.25) is 0 Å². The molecule has 0 bridgehead atoms. The van der Waals surface area contributed by atoms with Gasteiger partial charge in [0.05, 0.1) is 6.61 Å². The number of ether oxygens (including phenoxy) is 3. The number of carbonyl (C=O) groups is 1. The highest BCUT2D eigenvalue weighted by Gasteiger charge is 2.32. The molecule has 0 aliphatic carbocycles. The minimum atomic E-state index is -0.221. The van der Waals surface area contributed by atoms with Gasteiger partial charge in [0.2, 0.25) is 0 Å². The fraction of sp³-hybridized carbons (Fsp3) is 0.562. The highest BCUT2D eigenvalue weighted by atomic mass is 16.5. The van der Waals surface area contributed by atoms with Gasteiger partial charge in [0.1, 0.15) is 5.60 Å². The largest absolute Gasteiger partial charge is 0.483 e. The molecule has 1 aliphatic heterocycles. The lowest BCUT2D eigenvalue weighted by atomic mass is 10.0. The molecule has 0 aromatic heterocycles. The number of hydrogen-bond acceptors (Lipinski definition) is 4. The fourth-order valence-corrected chi connectivity index (χ4v) is 2.30. The Morgan fingerprint density at radius 3 is 3.00 bits per heavy atom. The Morgan fingerprint density at radius 2 is 2.24 bits per heavy atom. The van der Waals surface area contributed by atoms with Crippen LogP contribution in [0.3, 0.4) is 0 Å². The quantitative estimate of drug-likeness (QED) is 0.781. The van der Waals surface area contributed by atoms with Crippen molar-refractivity contribution in [3.05, 3.63) is 23.8 Å². The van der Waals surface area contributed by atoms with Gasteiger partial charge in [-0.2, -0.15) is 0 Å². The first-order valence-corrected chi connectivity index (χ1v) is 7.30. The highest BCUT2D eigenvalue weighted by Crippen LogP contribution is 2.41. The van der Waals surface area contributed by atoms with Crippen LogP contribution in [0, 0.1) is 0 Å². The summed E-state index contributed by atoms with van der Waals surface area (Å²) in [5.41, 5.74) is 0.899. The third kappa shape index (κ3) is 4.36. The van der Waals surface area contributed by atoms with Gasteiger partial charge in [0, 0.05) is 25.1 Å². The van der Waals surface area contributed by atoms with E-state index in [2.05, 4.69) is 5.32 Å². The minimum absolute atomic E-state index is 0.0215. The van der Waals surface area contributed by atoms with E-state index in [4.69, 9.17) is 14.2 Å². The molecule has 2 rings (SSSR count). The number of para-hydroxylation sites is 1. The van der Waals surface area contributed by atoms with Crippen molar-refractivity contribution < 1.29 is 19.0 Å². The van der Waals surface area contributed by atoms with Crippen LogP contribution in [-0.4, -0.2) is 37.9 Å². The number of carbonyl (C=O) groups excluding carboxylic acids is 1. The molecule has 21 heavy (non-hydrogen) atoms. The molecular weight excluding hydrogens is 270 g/mol. The molecule has 1 amide bonds. The average molecular weight is 293 g/mol. The fourth-order valence-electron chi connectivity index (χ4n) is 2.30. The number of benzene rings is 1. The average Bonchev–Trinajstić information content (AvgIpc) is 2.75. The van der Waals surface area contributed by atoms with Crippen molar-refractivity contribution in [1.29, 1.82) is 0 Å².